The van der Waals surface area contributed by atoms with Crippen molar-refractivity contribution in [3.63, 3.8) is 0 Å². The van der Waals surface area contributed by atoms with Gasteiger partial charge in [-0.15, -0.1) is 11.3 Å². The highest BCUT2D eigenvalue weighted by Crippen LogP contribution is 2.31. The Kier molecular flexibility index (Phi) is 3.07. The average Bonchev–Trinajstić information content (AvgIpc) is 2.67. The molecular formula is C15H18N2OS. The van der Waals surface area contributed by atoms with Gasteiger partial charge in [-0.25, -0.2) is 4.98 Å². The van der Waals surface area contributed by atoms with Crippen molar-refractivity contribution in [3.8, 4) is 5.75 Å². The Labute approximate surface area is 117 Å². The summed E-state index contributed by atoms with van der Waals surface area (Å²) in [5, 5.41) is 1.11. The molecule has 0 saturated carbocycles. The molecule has 0 radical (unpaired) electrons. The first-order valence-corrected chi connectivity index (χ1v) is 7.30. The van der Waals surface area contributed by atoms with Crippen LogP contribution < -0.4 is 10.5 Å². The molecule has 0 saturated heterocycles. The normalized spacial score (nSPS) is 21.8. The quantitative estimate of drug-likeness (QED) is 0.916. The van der Waals surface area contributed by atoms with Gasteiger partial charge in [0.05, 0.1) is 16.2 Å². The van der Waals surface area contributed by atoms with Crippen LogP contribution in [0.5, 0.6) is 5.75 Å². The van der Waals surface area contributed by atoms with E-state index in [0.717, 1.165) is 29.3 Å². The number of fused-ring (bicyclic) bond motifs is 1. The SMILES string of the molecule is Cc1nc(CC2(N)COc3ccccc3C2)sc1C. The van der Waals surface area contributed by atoms with Crippen molar-refractivity contribution in [3.05, 3.63) is 45.4 Å². The van der Waals surface area contributed by atoms with Crippen LogP contribution in [0.15, 0.2) is 24.3 Å². The van der Waals surface area contributed by atoms with E-state index in [0.29, 0.717) is 6.61 Å². The summed E-state index contributed by atoms with van der Waals surface area (Å²) < 4.78 is 5.80. The lowest BCUT2D eigenvalue weighted by atomic mass is 9.87. The van der Waals surface area contributed by atoms with E-state index in [1.165, 1.54) is 10.4 Å². The summed E-state index contributed by atoms with van der Waals surface area (Å²) in [6, 6.07) is 8.13. The summed E-state index contributed by atoms with van der Waals surface area (Å²) >= 11 is 1.74. The molecule has 1 unspecified atom stereocenters. The van der Waals surface area contributed by atoms with Crippen molar-refractivity contribution in [1.82, 2.24) is 4.98 Å². The standard InChI is InChI=1S/C15H18N2OS/c1-10-11(2)19-14(17-10)8-15(16)7-12-5-3-4-6-13(12)18-9-15/h3-6H,7-9,16H2,1-2H3. The molecule has 3 nitrogen and oxygen atoms in total. The molecule has 1 atom stereocenters. The van der Waals surface area contributed by atoms with Crippen LogP contribution in [0, 0.1) is 13.8 Å². The van der Waals surface area contributed by atoms with Crippen LogP contribution in [-0.4, -0.2) is 17.1 Å². The van der Waals surface area contributed by atoms with Crippen LogP contribution in [-0.2, 0) is 12.8 Å². The molecule has 2 heterocycles. The molecule has 0 fully saturated rings. The summed E-state index contributed by atoms with van der Waals surface area (Å²) in [6.07, 6.45) is 1.63. The van der Waals surface area contributed by atoms with Crippen molar-refractivity contribution >= 4 is 11.3 Å². The second-order valence-electron chi connectivity index (χ2n) is 5.36. The van der Waals surface area contributed by atoms with E-state index in [2.05, 4.69) is 18.0 Å². The zero-order chi connectivity index (χ0) is 13.5. The number of nitrogens with zero attached hydrogens (tertiary/aromatic N) is 1. The van der Waals surface area contributed by atoms with Gasteiger partial charge in [0.1, 0.15) is 12.4 Å². The monoisotopic (exact) mass is 274 g/mol. The lowest BCUT2D eigenvalue weighted by Gasteiger charge is -2.34. The third-order valence-electron chi connectivity index (χ3n) is 3.61. The molecule has 0 bridgehead atoms. The zero-order valence-corrected chi connectivity index (χ0v) is 12.1. The van der Waals surface area contributed by atoms with Gasteiger partial charge in [0, 0.05) is 11.3 Å². The smallest absolute Gasteiger partial charge is 0.122 e. The van der Waals surface area contributed by atoms with Gasteiger partial charge in [-0.1, -0.05) is 18.2 Å². The van der Waals surface area contributed by atoms with E-state index in [4.69, 9.17) is 10.5 Å². The number of thiazole rings is 1. The number of ether oxygens (including phenoxy) is 1. The Morgan fingerprint density at radius 3 is 2.89 bits per heavy atom. The third kappa shape index (κ3) is 2.51. The minimum absolute atomic E-state index is 0.342. The van der Waals surface area contributed by atoms with Crippen LogP contribution in [0.25, 0.3) is 0 Å². The maximum atomic E-state index is 6.51. The molecule has 1 aliphatic rings. The van der Waals surface area contributed by atoms with E-state index in [-0.39, 0.29) is 5.54 Å². The third-order valence-corrected chi connectivity index (χ3v) is 4.68. The van der Waals surface area contributed by atoms with Crippen molar-refractivity contribution < 1.29 is 4.74 Å². The first-order chi connectivity index (χ1) is 9.06. The molecule has 2 aromatic rings. The van der Waals surface area contributed by atoms with Crippen molar-refractivity contribution in [1.29, 1.82) is 0 Å². The fraction of sp³-hybridized carbons (Fsp3) is 0.400. The number of hydrogen-bond acceptors (Lipinski definition) is 4. The summed E-state index contributed by atoms with van der Waals surface area (Å²) in [5.74, 6) is 0.968. The molecule has 0 spiro atoms. The molecule has 19 heavy (non-hydrogen) atoms. The number of nitrogens with two attached hydrogens (primary N) is 1. The minimum Gasteiger partial charge on any atom is -0.491 e. The Morgan fingerprint density at radius 2 is 2.16 bits per heavy atom. The molecule has 1 aliphatic heterocycles. The predicted octanol–water partition coefficient (Wildman–Crippen LogP) is 2.64. The van der Waals surface area contributed by atoms with Gasteiger partial charge in [-0.2, -0.15) is 0 Å². The van der Waals surface area contributed by atoms with Crippen LogP contribution in [0.2, 0.25) is 0 Å². The molecular weight excluding hydrogens is 256 g/mol. The maximum Gasteiger partial charge on any atom is 0.122 e. The lowest BCUT2D eigenvalue weighted by molar-refractivity contribution is 0.189. The zero-order valence-electron chi connectivity index (χ0n) is 11.3. The Morgan fingerprint density at radius 1 is 1.37 bits per heavy atom. The number of aryl methyl sites for hydroxylation is 2. The fourth-order valence-electron chi connectivity index (χ4n) is 2.47. The highest BCUT2D eigenvalue weighted by Gasteiger charge is 2.33. The van der Waals surface area contributed by atoms with E-state index >= 15 is 0 Å². The highest BCUT2D eigenvalue weighted by atomic mass is 32.1. The van der Waals surface area contributed by atoms with Crippen molar-refractivity contribution in [2.75, 3.05) is 6.61 Å². The number of hydrogen-bond donors (Lipinski definition) is 1. The van der Waals surface area contributed by atoms with Gasteiger partial charge in [0.2, 0.25) is 0 Å². The number of benzene rings is 1. The van der Waals surface area contributed by atoms with Gasteiger partial charge in [-0.05, 0) is 31.9 Å². The molecule has 2 N–H and O–H groups in total. The number of para-hydroxylation sites is 1. The molecule has 1 aromatic heterocycles. The molecule has 0 amide bonds. The number of aromatic nitrogens is 1. The second kappa shape index (κ2) is 4.62. The van der Waals surface area contributed by atoms with Crippen LogP contribution in [0.1, 0.15) is 21.1 Å². The van der Waals surface area contributed by atoms with Gasteiger partial charge in [0.25, 0.3) is 0 Å². The maximum absolute atomic E-state index is 6.51. The van der Waals surface area contributed by atoms with Gasteiger partial charge in [-0.3, -0.25) is 0 Å². The van der Waals surface area contributed by atoms with Crippen LogP contribution >= 0.6 is 11.3 Å². The topological polar surface area (TPSA) is 48.1 Å². The van der Waals surface area contributed by atoms with Crippen molar-refractivity contribution in [2.24, 2.45) is 5.73 Å². The summed E-state index contributed by atoms with van der Waals surface area (Å²) in [4.78, 5) is 5.86. The van der Waals surface area contributed by atoms with Crippen LogP contribution in [0.3, 0.4) is 0 Å². The molecule has 1 aromatic carbocycles. The first-order valence-electron chi connectivity index (χ1n) is 6.48. The summed E-state index contributed by atoms with van der Waals surface area (Å²) in [6.45, 7) is 4.71. The largest absolute Gasteiger partial charge is 0.491 e. The molecule has 100 valence electrons. The van der Waals surface area contributed by atoms with Crippen LogP contribution in [0.4, 0.5) is 0 Å². The molecule has 0 aliphatic carbocycles. The summed E-state index contributed by atoms with van der Waals surface area (Å²) in [7, 11) is 0. The van der Waals surface area contributed by atoms with Gasteiger partial charge < -0.3 is 10.5 Å². The van der Waals surface area contributed by atoms with Gasteiger partial charge in [0.15, 0.2) is 0 Å². The van der Waals surface area contributed by atoms with E-state index < -0.39 is 0 Å². The first kappa shape index (κ1) is 12.6. The molecule has 4 heteroatoms. The van der Waals surface area contributed by atoms with Crippen molar-refractivity contribution in [2.45, 2.75) is 32.2 Å². The average molecular weight is 274 g/mol. The van der Waals surface area contributed by atoms with E-state index in [9.17, 15) is 0 Å². The molecule has 3 rings (SSSR count). The summed E-state index contributed by atoms with van der Waals surface area (Å²) in [5.41, 5.74) is 8.47. The predicted molar refractivity (Wildman–Crippen MR) is 77.9 cm³/mol. The Bertz CT molecular complexity index is 588. The Hall–Kier alpha value is -1.39. The van der Waals surface area contributed by atoms with E-state index in [1.807, 2.05) is 25.1 Å². The second-order valence-corrected chi connectivity index (χ2v) is 6.65. The van der Waals surface area contributed by atoms with Gasteiger partial charge >= 0.3 is 0 Å². The fourth-order valence-corrected chi connectivity index (χ4v) is 3.56. The lowest BCUT2D eigenvalue weighted by Crippen LogP contribution is -2.51. The Balaban J connectivity index is 1.82. The highest BCUT2D eigenvalue weighted by molar-refractivity contribution is 7.11. The minimum atomic E-state index is -0.342. The van der Waals surface area contributed by atoms with E-state index in [1.54, 1.807) is 11.3 Å². The number of rotatable bonds is 2.